The van der Waals surface area contributed by atoms with E-state index in [1.165, 1.54) is 90.9 Å². The van der Waals surface area contributed by atoms with Gasteiger partial charge in [0.1, 0.15) is 5.82 Å². The van der Waals surface area contributed by atoms with Crippen molar-refractivity contribution in [3.63, 3.8) is 0 Å². The van der Waals surface area contributed by atoms with Gasteiger partial charge < -0.3 is 35.1 Å². The molecule has 0 fully saturated rings. The van der Waals surface area contributed by atoms with Gasteiger partial charge in [0.05, 0.1) is 17.0 Å². The SMILES string of the molecule is CC(=O)C=C(C)O.CC(=O)C=C(C)O.Cc1cc(-c2[c-]cccc2)ncc1-c1ccccc1.Cc1cc(-c2[c-]cccc2)ncc1-c1ccccc1.Cc1cc(-c2nccc3ccccc23)[c-]cc1F.Cc1cc[c-]c(-c2ccc3cc(F)c(C)cc3n2)c1.[Ir].[Ir].[Ir].[Ir].[c-]1ccccc1-c1ccccn1.[c-]1ccccc1-c1ccccn1. The molecule has 16 rings (SSSR count). The average Bonchev–Trinajstić information content (AvgIpc) is 0.807. The first-order chi connectivity index (χ1) is 54.8. The number of pyridine rings is 6. The van der Waals surface area contributed by atoms with E-state index in [2.05, 4.69) is 117 Å². The van der Waals surface area contributed by atoms with Crippen molar-refractivity contribution in [2.75, 3.05) is 0 Å². The zero-order valence-electron chi connectivity index (χ0n) is 65.7. The number of aliphatic hydroxyl groups excluding tert-OH is 2. The molecule has 117 heavy (non-hydrogen) atoms. The smallest absolute Gasteiger partial charge is 0.155 e. The summed E-state index contributed by atoms with van der Waals surface area (Å²) in [6.45, 7) is 15.5. The van der Waals surface area contributed by atoms with E-state index >= 15 is 0 Å². The fourth-order valence-electron chi connectivity index (χ4n) is 11.3. The second-order valence-corrected chi connectivity index (χ2v) is 25.9. The van der Waals surface area contributed by atoms with Crippen molar-refractivity contribution in [3.8, 4) is 89.8 Å². The number of allylic oxidation sites excluding steroid dienone is 4. The number of benzene rings is 10. The molecule has 16 aromatic rings. The molecular formula is C101H84F2Ir4N6O4-6. The summed E-state index contributed by atoms with van der Waals surface area (Å²) in [4.78, 5) is 46.6. The molecule has 0 aliphatic carbocycles. The fraction of sp³-hybridized carbons (Fsp3) is 0.0891. The quantitative estimate of drug-likeness (QED) is 0.0769. The molecule has 10 nitrogen and oxygen atoms in total. The van der Waals surface area contributed by atoms with Crippen molar-refractivity contribution in [1.29, 1.82) is 0 Å². The molecule has 6 heterocycles. The number of hydrogen-bond donors (Lipinski definition) is 2. The Kier molecular flexibility index (Phi) is 41.7. The minimum atomic E-state index is -0.237. The maximum atomic E-state index is 13.5. The third kappa shape index (κ3) is 31.2. The molecule has 0 amide bonds. The number of carbonyl (C=O) groups excluding carboxylic acids is 2. The first kappa shape index (κ1) is 96.1. The Balaban J connectivity index is 0.000000242. The second-order valence-electron chi connectivity index (χ2n) is 25.9. The van der Waals surface area contributed by atoms with Crippen LogP contribution in [0, 0.1) is 82.7 Å². The maximum Gasteiger partial charge on any atom is 0.155 e. The fourth-order valence-corrected chi connectivity index (χ4v) is 11.3. The van der Waals surface area contributed by atoms with Gasteiger partial charge in [-0.2, -0.15) is 0 Å². The third-order valence-electron chi connectivity index (χ3n) is 16.7. The van der Waals surface area contributed by atoms with E-state index in [1.54, 1.807) is 44.6 Å². The summed E-state index contributed by atoms with van der Waals surface area (Å²) < 4.78 is 26.8. The van der Waals surface area contributed by atoms with Crippen molar-refractivity contribution < 1.29 is 109 Å². The van der Waals surface area contributed by atoms with Gasteiger partial charge in [0, 0.05) is 146 Å². The van der Waals surface area contributed by atoms with E-state index in [0.29, 0.717) is 11.1 Å². The number of rotatable bonds is 10. The van der Waals surface area contributed by atoms with Crippen LogP contribution in [-0.4, -0.2) is 51.7 Å². The van der Waals surface area contributed by atoms with E-state index in [0.717, 1.165) is 89.2 Å². The largest absolute Gasteiger partial charge is 0.512 e. The molecule has 0 unspecified atom stereocenters. The van der Waals surface area contributed by atoms with Crippen molar-refractivity contribution in [3.05, 3.63) is 422 Å². The van der Waals surface area contributed by atoms with Crippen molar-refractivity contribution in [2.45, 2.75) is 62.3 Å². The van der Waals surface area contributed by atoms with Gasteiger partial charge in [-0.15, -0.1) is 203 Å². The molecule has 4 radical (unpaired) electrons. The molecule has 16 heteroatoms. The van der Waals surface area contributed by atoms with Crippen LogP contribution < -0.4 is 0 Å². The molecule has 0 aliphatic rings. The molecule has 6 aromatic heterocycles. The van der Waals surface area contributed by atoms with Crippen LogP contribution in [0.1, 0.15) is 55.5 Å². The van der Waals surface area contributed by atoms with Gasteiger partial charge in [-0.05, 0) is 152 Å². The van der Waals surface area contributed by atoms with Crippen molar-refractivity contribution in [2.24, 2.45) is 0 Å². The monoisotopic (exact) mass is 2250 g/mol. The molecule has 0 atom stereocenters. The number of hydrogen-bond acceptors (Lipinski definition) is 10. The van der Waals surface area contributed by atoms with Gasteiger partial charge in [-0.3, -0.25) is 19.0 Å². The van der Waals surface area contributed by atoms with Crippen LogP contribution >= 0.6 is 0 Å². The summed E-state index contributed by atoms with van der Waals surface area (Å²) in [5.74, 6) is -0.553. The summed E-state index contributed by atoms with van der Waals surface area (Å²) in [7, 11) is 0. The summed E-state index contributed by atoms with van der Waals surface area (Å²) >= 11 is 0. The van der Waals surface area contributed by atoms with E-state index in [4.69, 9.17) is 10.2 Å². The minimum absolute atomic E-state index is 0. The first-order valence-electron chi connectivity index (χ1n) is 36.3. The normalized spacial score (nSPS) is 10.1. The van der Waals surface area contributed by atoms with E-state index < -0.39 is 0 Å². The van der Waals surface area contributed by atoms with E-state index in [1.807, 2.05) is 250 Å². The zero-order valence-corrected chi connectivity index (χ0v) is 75.3. The number of halogens is 2. The molecule has 0 saturated heterocycles. The van der Waals surface area contributed by atoms with Gasteiger partial charge in [-0.1, -0.05) is 153 Å². The Morgan fingerprint density at radius 2 is 0.778 bits per heavy atom. The summed E-state index contributed by atoms with van der Waals surface area (Å²) in [6.07, 6.45) is 11.6. The molecule has 10 aromatic carbocycles. The van der Waals surface area contributed by atoms with Crippen LogP contribution in [0.3, 0.4) is 0 Å². The van der Waals surface area contributed by atoms with Crippen molar-refractivity contribution in [1.82, 2.24) is 29.9 Å². The van der Waals surface area contributed by atoms with Crippen LogP contribution in [0.4, 0.5) is 8.78 Å². The minimum Gasteiger partial charge on any atom is -0.512 e. The van der Waals surface area contributed by atoms with Crippen molar-refractivity contribution >= 4 is 33.2 Å². The second kappa shape index (κ2) is 50.8. The number of aliphatic hydroxyl groups is 2. The van der Waals surface area contributed by atoms with Gasteiger partial charge in [0.25, 0.3) is 0 Å². The number of aryl methyl sites for hydroxylation is 5. The number of ketones is 2. The number of fused-ring (bicyclic) bond motifs is 2. The third-order valence-corrected chi connectivity index (χ3v) is 16.7. The summed E-state index contributed by atoms with van der Waals surface area (Å²) in [5.41, 5.74) is 22.0. The van der Waals surface area contributed by atoms with Gasteiger partial charge in [-0.25, -0.2) is 4.39 Å². The van der Waals surface area contributed by atoms with E-state index in [9.17, 15) is 18.4 Å². The van der Waals surface area contributed by atoms with Crippen LogP contribution in [0.2, 0.25) is 0 Å². The van der Waals surface area contributed by atoms with Crippen LogP contribution in [0.5, 0.6) is 0 Å². The van der Waals surface area contributed by atoms with Gasteiger partial charge in [0.15, 0.2) is 11.6 Å². The Bertz CT molecular complexity index is 5450. The molecule has 0 aliphatic heterocycles. The maximum absolute atomic E-state index is 13.5. The Labute approximate surface area is 739 Å². The predicted octanol–water partition coefficient (Wildman–Crippen LogP) is 24.8. The van der Waals surface area contributed by atoms with Gasteiger partial charge in [0.2, 0.25) is 0 Å². The zero-order chi connectivity index (χ0) is 80.3. The Hall–Kier alpha value is -11.5. The van der Waals surface area contributed by atoms with Crippen LogP contribution in [-0.2, 0) is 90.0 Å². The summed E-state index contributed by atoms with van der Waals surface area (Å²) in [6, 6.07) is 113. The molecule has 598 valence electrons. The predicted molar refractivity (Wildman–Crippen MR) is 455 cm³/mol. The molecule has 0 bridgehead atoms. The molecular weight excluding hydrogens is 2170 g/mol. The number of nitrogens with zero attached hydrogens (tertiary/aromatic N) is 6. The first-order valence-corrected chi connectivity index (χ1v) is 36.3. The molecule has 0 spiro atoms. The van der Waals surface area contributed by atoms with Crippen LogP contribution in [0.25, 0.3) is 111 Å². The number of aromatic nitrogens is 6. The molecule has 2 N–H and O–H groups in total. The summed E-state index contributed by atoms with van der Waals surface area (Å²) in [5, 5.41) is 19.7. The molecule has 0 saturated carbocycles. The number of carbonyl (C=O) groups is 2. The topological polar surface area (TPSA) is 152 Å². The van der Waals surface area contributed by atoms with Crippen LogP contribution in [0.15, 0.2) is 346 Å². The van der Waals surface area contributed by atoms with Gasteiger partial charge >= 0.3 is 0 Å². The standard InChI is InChI=1S/2C18H14N.C17H13FN.C16H11FN.2C11H8N.2C5H8O2.4Ir/c2*1-14-12-18(16-10-6-3-7-11-16)19-13-17(14)15-8-4-2-5-9-15;1-11-4-3-5-13(8-11)16-7-6-14-10-15(18)12(2)9-17(14)19-16;1-11-10-13(6-7-15(11)17)16-14-5-3-2-4-12(14)8-9-18-16;2*1-2-6-10(7-3-1)11-8-4-5-9-12-11;2*1-4(6)3-5(2)7;;;;/h2*2-10,12-13H,1H3;3-4,6-10H,1-2H3;2-5,7-10H,1H3;2*1-6,8-9H;2*3,6H,1-2H3;;;;/q6*-1;;;;;;. The average molecular weight is 2250 g/mol. The van der Waals surface area contributed by atoms with E-state index in [-0.39, 0.29) is 115 Å². The Morgan fingerprint density at radius 3 is 1.19 bits per heavy atom. The Morgan fingerprint density at radius 1 is 0.342 bits per heavy atom.